The molecule has 0 saturated heterocycles. The van der Waals surface area contributed by atoms with E-state index in [4.69, 9.17) is 34.8 Å². The first-order valence-electron chi connectivity index (χ1n) is 5.33. The zero-order valence-corrected chi connectivity index (χ0v) is 12.4. The van der Waals surface area contributed by atoms with E-state index >= 15 is 0 Å². The van der Waals surface area contributed by atoms with Gasteiger partial charge < -0.3 is 4.74 Å². The number of ether oxygens (including phenoxy) is 1. The molecule has 0 spiro atoms. The molecule has 0 aliphatic rings. The first-order chi connectivity index (χ1) is 9.42. The molecule has 7 heteroatoms. The van der Waals surface area contributed by atoms with Crippen LogP contribution in [0.25, 0.3) is 11.3 Å². The van der Waals surface area contributed by atoms with E-state index in [-0.39, 0.29) is 21.3 Å². The zero-order chi connectivity index (χ0) is 14.9. The Morgan fingerprint density at radius 1 is 1.20 bits per heavy atom. The van der Waals surface area contributed by atoms with Crippen LogP contribution in [0.4, 0.5) is 4.39 Å². The van der Waals surface area contributed by atoms with Crippen molar-refractivity contribution < 1.29 is 13.9 Å². The quantitative estimate of drug-likeness (QED) is 0.456. The average molecular weight is 335 g/mol. The van der Waals surface area contributed by atoms with Crippen LogP contribution in [0.5, 0.6) is 0 Å². The van der Waals surface area contributed by atoms with Gasteiger partial charge in [0.05, 0.1) is 28.4 Å². The van der Waals surface area contributed by atoms with Crippen LogP contribution in [0.1, 0.15) is 10.4 Å². The second kappa shape index (κ2) is 5.95. The van der Waals surface area contributed by atoms with Crippen LogP contribution in [0.3, 0.4) is 0 Å². The van der Waals surface area contributed by atoms with Gasteiger partial charge >= 0.3 is 5.97 Å². The summed E-state index contributed by atoms with van der Waals surface area (Å²) in [6.07, 6.45) is 0. The smallest absolute Gasteiger partial charge is 0.338 e. The number of carbonyl (C=O) groups excluding carboxylic acids is 1. The molecule has 1 heterocycles. The Hall–Kier alpha value is -1.36. The Bertz CT molecular complexity index is 692. The monoisotopic (exact) mass is 333 g/mol. The molecule has 0 atom stereocenters. The SMILES string of the molecule is COC(=O)c1cc(F)nc(-c2cc(Cl)cc(Cl)c2Cl)c1. The molecule has 0 amide bonds. The number of aromatic nitrogens is 1. The van der Waals surface area contributed by atoms with Crippen molar-refractivity contribution in [1.82, 2.24) is 4.98 Å². The summed E-state index contributed by atoms with van der Waals surface area (Å²) in [6.45, 7) is 0. The minimum Gasteiger partial charge on any atom is -0.465 e. The molecule has 2 rings (SSSR count). The maximum absolute atomic E-state index is 13.5. The molecule has 20 heavy (non-hydrogen) atoms. The lowest BCUT2D eigenvalue weighted by atomic mass is 10.1. The van der Waals surface area contributed by atoms with Crippen molar-refractivity contribution in [2.75, 3.05) is 7.11 Å². The van der Waals surface area contributed by atoms with Crippen molar-refractivity contribution in [3.63, 3.8) is 0 Å². The first-order valence-corrected chi connectivity index (χ1v) is 6.46. The summed E-state index contributed by atoms with van der Waals surface area (Å²) in [4.78, 5) is 15.2. The van der Waals surface area contributed by atoms with Gasteiger partial charge in [0.25, 0.3) is 0 Å². The van der Waals surface area contributed by atoms with Crippen molar-refractivity contribution in [3.8, 4) is 11.3 Å². The fourth-order valence-corrected chi connectivity index (χ4v) is 2.31. The Labute approximate surface area is 129 Å². The molecule has 0 bridgehead atoms. The zero-order valence-electron chi connectivity index (χ0n) is 10.1. The molecule has 0 aliphatic carbocycles. The van der Waals surface area contributed by atoms with Gasteiger partial charge in [0.1, 0.15) is 0 Å². The fourth-order valence-electron chi connectivity index (χ4n) is 1.61. The highest BCUT2D eigenvalue weighted by atomic mass is 35.5. The molecule has 0 aliphatic heterocycles. The average Bonchev–Trinajstić information content (AvgIpc) is 2.41. The molecule has 2 aromatic rings. The van der Waals surface area contributed by atoms with Gasteiger partial charge in [-0.15, -0.1) is 0 Å². The van der Waals surface area contributed by atoms with Crippen molar-refractivity contribution in [2.45, 2.75) is 0 Å². The number of benzene rings is 1. The van der Waals surface area contributed by atoms with Gasteiger partial charge in [-0.3, -0.25) is 0 Å². The third kappa shape index (κ3) is 3.03. The number of hydrogen-bond donors (Lipinski definition) is 0. The number of carbonyl (C=O) groups is 1. The second-order valence-electron chi connectivity index (χ2n) is 3.80. The maximum Gasteiger partial charge on any atom is 0.338 e. The highest BCUT2D eigenvalue weighted by molar-refractivity contribution is 6.45. The normalized spacial score (nSPS) is 10.4. The molecule has 0 fully saturated rings. The van der Waals surface area contributed by atoms with E-state index < -0.39 is 11.9 Å². The van der Waals surface area contributed by atoms with Crippen molar-refractivity contribution in [2.24, 2.45) is 0 Å². The molecular weight excluding hydrogens is 328 g/mol. The van der Waals surface area contributed by atoms with E-state index in [1.54, 1.807) is 0 Å². The van der Waals surface area contributed by atoms with E-state index in [1.807, 2.05) is 0 Å². The summed E-state index contributed by atoms with van der Waals surface area (Å²) in [6, 6.07) is 5.26. The molecule has 0 N–H and O–H groups in total. The Balaban J connectivity index is 2.64. The first kappa shape index (κ1) is 15.0. The highest BCUT2D eigenvalue weighted by Crippen LogP contribution is 2.36. The number of pyridine rings is 1. The van der Waals surface area contributed by atoms with Crippen LogP contribution in [-0.2, 0) is 4.74 Å². The second-order valence-corrected chi connectivity index (χ2v) is 5.03. The van der Waals surface area contributed by atoms with Crippen LogP contribution in [0, 0.1) is 5.95 Å². The third-order valence-corrected chi connectivity index (χ3v) is 3.50. The van der Waals surface area contributed by atoms with E-state index in [0.29, 0.717) is 10.6 Å². The van der Waals surface area contributed by atoms with Gasteiger partial charge in [0, 0.05) is 16.7 Å². The maximum atomic E-state index is 13.5. The van der Waals surface area contributed by atoms with Gasteiger partial charge in [0.15, 0.2) is 0 Å². The fraction of sp³-hybridized carbons (Fsp3) is 0.0769. The van der Waals surface area contributed by atoms with Gasteiger partial charge in [0.2, 0.25) is 5.95 Å². The summed E-state index contributed by atoms with van der Waals surface area (Å²) in [7, 11) is 1.20. The van der Waals surface area contributed by atoms with E-state index in [9.17, 15) is 9.18 Å². The Morgan fingerprint density at radius 3 is 2.55 bits per heavy atom. The van der Waals surface area contributed by atoms with E-state index in [1.165, 1.54) is 25.3 Å². The minimum absolute atomic E-state index is 0.0159. The lowest BCUT2D eigenvalue weighted by Crippen LogP contribution is -2.03. The molecular formula is C13H7Cl3FNO2. The molecule has 1 aromatic heterocycles. The molecule has 3 nitrogen and oxygen atoms in total. The minimum atomic E-state index is -0.838. The summed E-state index contributed by atoms with van der Waals surface area (Å²) in [5.74, 6) is -1.52. The van der Waals surface area contributed by atoms with E-state index in [2.05, 4.69) is 9.72 Å². The number of hydrogen-bond acceptors (Lipinski definition) is 3. The molecule has 0 saturated carbocycles. The molecule has 0 unspecified atom stereocenters. The van der Waals surface area contributed by atoms with Crippen LogP contribution >= 0.6 is 34.8 Å². The standard InChI is InChI=1S/C13H7Cl3FNO2/c1-20-13(19)6-2-10(18-11(17)3-6)8-4-7(14)5-9(15)12(8)16/h2-5H,1H3. The summed E-state index contributed by atoms with van der Waals surface area (Å²) >= 11 is 17.8. The molecule has 1 aromatic carbocycles. The van der Waals surface area contributed by atoms with Crippen molar-refractivity contribution in [1.29, 1.82) is 0 Å². The molecule has 0 radical (unpaired) electrons. The van der Waals surface area contributed by atoms with Crippen LogP contribution in [0.2, 0.25) is 15.1 Å². The van der Waals surface area contributed by atoms with Gasteiger partial charge in [-0.2, -0.15) is 4.39 Å². The Morgan fingerprint density at radius 2 is 1.90 bits per heavy atom. The van der Waals surface area contributed by atoms with E-state index in [0.717, 1.165) is 6.07 Å². The highest BCUT2D eigenvalue weighted by Gasteiger charge is 2.15. The number of rotatable bonds is 2. The predicted octanol–water partition coefficient (Wildman–Crippen LogP) is 4.63. The lowest BCUT2D eigenvalue weighted by molar-refractivity contribution is 0.0600. The molecule has 104 valence electrons. The summed E-state index contributed by atoms with van der Waals surface area (Å²) in [5, 5.41) is 0.699. The summed E-state index contributed by atoms with van der Waals surface area (Å²) < 4.78 is 18.1. The van der Waals surface area contributed by atoms with Gasteiger partial charge in [-0.25, -0.2) is 9.78 Å². The van der Waals surface area contributed by atoms with Gasteiger partial charge in [-0.1, -0.05) is 34.8 Å². The number of nitrogens with zero attached hydrogens (tertiary/aromatic N) is 1. The summed E-state index contributed by atoms with van der Waals surface area (Å²) in [5.41, 5.74) is 0.482. The van der Waals surface area contributed by atoms with Crippen molar-refractivity contribution >= 4 is 40.8 Å². The number of methoxy groups -OCH3 is 1. The van der Waals surface area contributed by atoms with Crippen LogP contribution in [-0.4, -0.2) is 18.1 Å². The van der Waals surface area contributed by atoms with Gasteiger partial charge in [-0.05, 0) is 18.2 Å². The number of esters is 1. The largest absolute Gasteiger partial charge is 0.465 e. The number of halogens is 4. The van der Waals surface area contributed by atoms with Crippen LogP contribution in [0.15, 0.2) is 24.3 Å². The Kier molecular flexibility index (Phi) is 4.48. The van der Waals surface area contributed by atoms with Crippen LogP contribution < -0.4 is 0 Å². The van der Waals surface area contributed by atoms with Crippen molar-refractivity contribution in [3.05, 3.63) is 50.8 Å². The lowest BCUT2D eigenvalue weighted by Gasteiger charge is -2.08. The topological polar surface area (TPSA) is 39.2 Å². The third-order valence-electron chi connectivity index (χ3n) is 2.48. The predicted molar refractivity (Wildman–Crippen MR) is 76.0 cm³/mol.